The van der Waals surface area contributed by atoms with Crippen LogP contribution in [0.15, 0.2) is 66.2 Å². The molecule has 2 aromatic rings. The first kappa shape index (κ1) is 14.1. The fourth-order valence-electron chi connectivity index (χ4n) is 3.06. The fourth-order valence-corrected chi connectivity index (χ4v) is 3.06. The third kappa shape index (κ3) is 2.19. The molecule has 0 bridgehead atoms. The third-order valence-corrected chi connectivity index (χ3v) is 3.99. The second-order valence-corrected chi connectivity index (χ2v) is 5.20. The van der Waals surface area contributed by atoms with Gasteiger partial charge in [0.1, 0.15) is 0 Å². The maximum absolute atomic E-state index is 11.7. The Kier molecular flexibility index (Phi) is 3.51. The molecule has 4 nitrogen and oxygen atoms in total. The van der Waals surface area contributed by atoms with Gasteiger partial charge in [-0.2, -0.15) is 0 Å². The van der Waals surface area contributed by atoms with Gasteiger partial charge in [0.2, 0.25) is 0 Å². The summed E-state index contributed by atoms with van der Waals surface area (Å²) in [5.74, 6) is -3.52. The Balaban J connectivity index is 2.17. The summed E-state index contributed by atoms with van der Waals surface area (Å²) in [4.78, 5) is 23.4. The first-order valence-corrected chi connectivity index (χ1v) is 6.91. The molecule has 4 heteroatoms. The molecule has 2 aromatic carbocycles. The van der Waals surface area contributed by atoms with Gasteiger partial charge < -0.3 is 10.2 Å². The van der Waals surface area contributed by atoms with Gasteiger partial charge in [-0.05, 0) is 16.7 Å². The summed E-state index contributed by atoms with van der Waals surface area (Å²) >= 11 is 0. The zero-order valence-electron chi connectivity index (χ0n) is 11.6. The molecule has 1 aliphatic rings. The second-order valence-electron chi connectivity index (χ2n) is 5.20. The fraction of sp³-hybridized carbons (Fsp3) is 0.111. The Morgan fingerprint density at radius 1 is 0.818 bits per heavy atom. The minimum Gasteiger partial charge on any atom is -0.481 e. The normalized spacial score (nSPS) is 20.4. The molecule has 0 heterocycles. The van der Waals surface area contributed by atoms with E-state index < -0.39 is 23.8 Å². The van der Waals surface area contributed by atoms with E-state index in [0.29, 0.717) is 16.7 Å². The van der Waals surface area contributed by atoms with Crippen LogP contribution in [0.3, 0.4) is 0 Å². The van der Waals surface area contributed by atoms with E-state index in [1.54, 1.807) is 48.5 Å². The molecule has 3 rings (SSSR count). The van der Waals surface area contributed by atoms with Crippen LogP contribution in [-0.2, 0) is 9.59 Å². The zero-order chi connectivity index (χ0) is 15.7. The molecule has 0 saturated heterocycles. The Morgan fingerprint density at radius 3 is 1.86 bits per heavy atom. The van der Waals surface area contributed by atoms with Crippen LogP contribution in [0.25, 0.3) is 5.57 Å². The molecule has 0 spiro atoms. The second kappa shape index (κ2) is 5.48. The number of benzene rings is 2. The molecule has 0 saturated carbocycles. The molecule has 22 heavy (non-hydrogen) atoms. The van der Waals surface area contributed by atoms with E-state index in [1.165, 1.54) is 0 Å². The summed E-state index contributed by atoms with van der Waals surface area (Å²) in [6.45, 7) is 0. The van der Waals surface area contributed by atoms with Crippen molar-refractivity contribution in [1.82, 2.24) is 0 Å². The van der Waals surface area contributed by atoms with Crippen LogP contribution in [0, 0.1) is 5.92 Å². The van der Waals surface area contributed by atoms with Gasteiger partial charge in [-0.15, -0.1) is 0 Å². The van der Waals surface area contributed by atoms with Crippen molar-refractivity contribution in [1.29, 1.82) is 0 Å². The highest BCUT2D eigenvalue weighted by molar-refractivity contribution is 6.09. The molecule has 2 N–H and O–H groups in total. The van der Waals surface area contributed by atoms with Crippen LogP contribution in [0.5, 0.6) is 0 Å². The van der Waals surface area contributed by atoms with E-state index in [0.717, 1.165) is 0 Å². The van der Waals surface area contributed by atoms with Crippen molar-refractivity contribution in [2.24, 2.45) is 5.92 Å². The average Bonchev–Trinajstić information content (AvgIpc) is 2.47. The number of carboxylic acids is 2. The van der Waals surface area contributed by atoms with Crippen LogP contribution in [0.1, 0.15) is 17.0 Å². The molecule has 2 unspecified atom stereocenters. The summed E-state index contributed by atoms with van der Waals surface area (Å²) in [5, 5.41) is 19.1. The summed E-state index contributed by atoms with van der Waals surface area (Å²) in [5.41, 5.74) is 1.94. The Bertz CT molecular complexity index is 747. The maximum Gasteiger partial charge on any atom is 0.332 e. The minimum absolute atomic E-state index is 0.171. The summed E-state index contributed by atoms with van der Waals surface area (Å²) in [7, 11) is 0. The van der Waals surface area contributed by atoms with Gasteiger partial charge in [0.15, 0.2) is 0 Å². The molecule has 0 fully saturated rings. The molecular weight excluding hydrogens is 280 g/mol. The van der Waals surface area contributed by atoms with Gasteiger partial charge in [-0.3, -0.25) is 4.79 Å². The zero-order valence-corrected chi connectivity index (χ0v) is 11.6. The van der Waals surface area contributed by atoms with E-state index in [9.17, 15) is 19.8 Å². The van der Waals surface area contributed by atoms with E-state index >= 15 is 0 Å². The van der Waals surface area contributed by atoms with Crippen molar-refractivity contribution in [3.63, 3.8) is 0 Å². The number of hydrogen-bond donors (Lipinski definition) is 2. The van der Waals surface area contributed by atoms with E-state index in [4.69, 9.17) is 0 Å². The molecule has 110 valence electrons. The lowest BCUT2D eigenvalue weighted by Crippen LogP contribution is -2.37. The smallest absolute Gasteiger partial charge is 0.332 e. The Hall–Kier alpha value is -2.88. The van der Waals surface area contributed by atoms with Crippen molar-refractivity contribution < 1.29 is 19.8 Å². The average molecular weight is 294 g/mol. The minimum atomic E-state index is -1.06. The van der Waals surface area contributed by atoms with Gasteiger partial charge in [0.25, 0.3) is 0 Å². The predicted octanol–water partition coefficient (Wildman–Crippen LogP) is 3.02. The first-order valence-electron chi connectivity index (χ1n) is 6.91. The first-order chi connectivity index (χ1) is 10.6. The quantitative estimate of drug-likeness (QED) is 0.909. The number of rotatable bonds is 4. The topological polar surface area (TPSA) is 74.6 Å². The van der Waals surface area contributed by atoms with E-state index in [1.807, 2.05) is 12.1 Å². The number of aliphatic carboxylic acids is 2. The molecule has 0 radical (unpaired) electrons. The van der Waals surface area contributed by atoms with Gasteiger partial charge in [0.05, 0.1) is 11.5 Å². The Morgan fingerprint density at radius 2 is 1.36 bits per heavy atom. The van der Waals surface area contributed by atoms with Gasteiger partial charge in [-0.1, -0.05) is 60.7 Å². The molecular formula is C18H14O4. The van der Waals surface area contributed by atoms with Gasteiger partial charge in [-0.25, -0.2) is 4.79 Å². The van der Waals surface area contributed by atoms with Crippen molar-refractivity contribution >= 4 is 17.5 Å². The van der Waals surface area contributed by atoms with Crippen molar-refractivity contribution in [2.45, 2.75) is 5.92 Å². The molecule has 1 aliphatic carbocycles. The van der Waals surface area contributed by atoms with Crippen molar-refractivity contribution in [3.05, 3.63) is 77.4 Å². The lowest BCUT2D eigenvalue weighted by atomic mass is 9.63. The molecule has 0 amide bonds. The van der Waals surface area contributed by atoms with E-state index in [-0.39, 0.29) is 5.57 Å². The van der Waals surface area contributed by atoms with E-state index in [2.05, 4.69) is 0 Å². The van der Waals surface area contributed by atoms with Gasteiger partial charge in [0, 0.05) is 5.92 Å². The van der Waals surface area contributed by atoms with Crippen LogP contribution < -0.4 is 0 Å². The highest BCUT2D eigenvalue weighted by Gasteiger charge is 2.49. The summed E-state index contributed by atoms with van der Waals surface area (Å²) in [6, 6.07) is 17.8. The van der Waals surface area contributed by atoms with Gasteiger partial charge >= 0.3 is 11.9 Å². The van der Waals surface area contributed by atoms with Crippen LogP contribution >= 0.6 is 0 Å². The lowest BCUT2D eigenvalue weighted by Gasteiger charge is -2.38. The van der Waals surface area contributed by atoms with Crippen LogP contribution in [0.4, 0.5) is 0 Å². The van der Waals surface area contributed by atoms with Crippen molar-refractivity contribution in [2.75, 3.05) is 0 Å². The maximum atomic E-state index is 11.7. The van der Waals surface area contributed by atoms with Crippen molar-refractivity contribution in [3.8, 4) is 0 Å². The third-order valence-electron chi connectivity index (χ3n) is 3.99. The number of carbonyl (C=O) groups is 2. The largest absolute Gasteiger partial charge is 0.481 e. The molecule has 2 atom stereocenters. The number of hydrogen-bond acceptors (Lipinski definition) is 2. The summed E-state index contributed by atoms with van der Waals surface area (Å²) < 4.78 is 0. The highest BCUT2D eigenvalue weighted by atomic mass is 16.4. The lowest BCUT2D eigenvalue weighted by molar-refractivity contribution is -0.141. The SMILES string of the molecule is O=C(O)C1=C(c2ccccc2)C(C(=O)O)C1c1ccccc1. The summed E-state index contributed by atoms with van der Waals surface area (Å²) in [6.07, 6.45) is 0. The number of carboxylic acid groups (broad SMARTS) is 2. The van der Waals surface area contributed by atoms with Crippen LogP contribution in [-0.4, -0.2) is 22.2 Å². The molecule has 0 aliphatic heterocycles. The predicted molar refractivity (Wildman–Crippen MR) is 81.3 cm³/mol. The standard InChI is InChI=1S/C18H14O4/c19-17(20)15-13(11-7-3-1-4-8-11)16(18(21)22)14(15)12-9-5-2-6-10-12/h1-10,13,15H,(H,19,20)(H,21,22). The molecule has 0 aromatic heterocycles. The van der Waals surface area contributed by atoms with Crippen LogP contribution in [0.2, 0.25) is 0 Å². The highest BCUT2D eigenvalue weighted by Crippen LogP contribution is 2.52. The Labute approximate surface area is 127 Å². The monoisotopic (exact) mass is 294 g/mol.